The monoisotopic (exact) mass is 445 g/mol. The number of aromatic nitrogens is 7. The molecule has 0 amide bonds. The number of rotatable bonds is 4. The molecular formula is C23H27N9O. The molecule has 2 aliphatic heterocycles. The van der Waals surface area contributed by atoms with E-state index in [9.17, 15) is 0 Å². The van der Waals surface area contributed by atoms with Crippen LogP contribution in [0.1, 0.15) is 18.0 Å². The van der Waals surface area contributed by atoms with E-state index >= 15 is 0 Å². The summed E-state index contributed by atoms with van der Waals surface area (Å²) in [4.78, 5) is 23.8. The van der Waals surface area contributed by atoms with Gasteiger partial charge in [0, 0.05) is 45.0 Å². The van der Waals surface area contributed by atoms with Gasteiger partial charge in [-0.05, 0) is 38.2 Å². The van der Waals surface area contributed by atoms with Gasteiger partial charge in [0.2, 0.25) is 0 Å². The van der Waals surface area contributed by atoms with Gasteiger partial charge in [0.1, 0.15) is 5.69 Å². The molecule has 0 bridgehead atoms. The van der Waals surface area contributed by atoms with Crippen LogP contribution in [-0.2, 0) is 11.8 Å². The number of aryl methyl sites for hydroxylation is 1. The standard InChI is InChI=1S/C23H27N9O/c1-29-9-6-16(15-29)17-7-10-32(28-17)23-26-21-19(22(27-23)31-11-13-33-14-12-31)25-20(30(21)2)18-5-3-4-8-24-18/h3-5,7-8,10,16H,6,9,11-15H2,1-2H3. The highest BCUT2D eigenvalue weighted by molar-refractivity contribution is 5.87. The van der Waals surface area contributed by atoms with Crippen molar-refractivity contribution in [2.75, 3.05) is 51.3 Å². The van der Waals surface area contributed by atoms with E-state index in [2.05, 4.69) is 27.9 Å². The summed E-state index contributed by atoms with van der Waals surface area (Å²) in [7, 11) is 4.13. The van der Waals surface area contributed by atoms with E-state index < -0.39 is 0 Å². The number of hydrogen-bond donors (Lipinski definition) is 0. The minimum atomic E-state index is 0.450. The highest BCUT2D eigenvalue weighted by Crippen LogP contribution is 2.30. The lowest BCUT2D eigenvalue weighted by atomic mass is 10.1. The predicted octanol–water partition coefficient (Wildman–Crippen LogP) is 1.87. The number of ether oxygens (including phenoxy) is 1. The summed E-state index contributed by atoms with van der Waals surface area (Å²) >= 11 is 0. The molecule has 0 spiro atoms. The third-order valence-electron chi connectivity index (χ3n) is 6.52. The van der Waals surface area contributed by atoms with E-state index in [4.69, 9.17) is 24.8 Å². The molecule has 10 heteroatoms. The van der Waals surface area contributed by atoms with Crippen molar-refractivity contribution in [1.29, 1.82) is 0 Å². The summed E-state index contributed by atoms with van der Waals surface area (Å²) in [5, 5.41) is 4.86. The van der Waals surface area contributed by atoms with E-state index in [1.165, 1.54) is 0 Å². The third-order valence-corrected chi connectivity index (χ3v) is 6.52. The first-order valence-corrected chi connectivity index (χ1v) is 11.4. The van der Waals surface area contributed by atoms with Gasteiger partial charge in [0.25, 0.3) is 5.95 Å². The lowest BCUT2D eigenvalue weighted by molar-refractivity contribution is 0.122. The Labute approximate surface area is 191 Å². The number of morpholine rings is 1. The molecule has 170 valence electrons. The van der Waals surface area contributed by atoms with Gasteiger partial charge in [0.15, 0.2) is 22.8 Å². The SMILES string of the molecule is CN1CCC(c2ccn(-c3nc(N4CCOCC4)c4nc(-c5ccccn5)n(C)c4n3)n2)C1. The Morgan fingerprint density at radius 3 is 2.64 bits per heavy atom. The zero-order valence-corrected chi connectivity index (χ0v) is 18.9. The summed E-state index contributed by atoms with van der Waals surface area (Å²) in [5.74, 6) is 2.58. The summed E-state index contributed by atoms with van der Waals surface area (Å²) in [6, 6.07) is 7.92. The van der Waals surface area contributed by atoms with Gasteiger partial charge in [0.05, 0.1) is 18.9 Å². The zero-order chi connectivity index (χ0) is 22.4. The van der Waals surface area contributed by atoms with Crippen LogP contribution in [0, 0.1) is 0 Å². The Hall–Kier alpha value is -3.37. The fourth-order valence-electron chi connectivity index (χ4n) is 4.70. The maximum atomic E-state index is 5.57. The summed E-state index contributed by atoms with van der Waals surface area (Å²) in [5.41, 5.74) is 3.43. The molecule has 33 heavy (non-hydrogen) atoms. The molecule has 0 N–H and O–H groups in total. The molecule has 2 aliphatic rings. The second kappa shape index (κ2) is 8.20. The molecule has 1 unspecified atom stereocenters. The van der Waals surface area contributed by atoms with Crippen LogP contribution in [0.5, 0.6) is 0 Å². The van der Waals surface area contributed by atoms with E-state index in [1.807, 2.05) is 36.0 Å². The zero-order valence-electron chi connectivity index (χ0n) is 18.9. The summed E-state index contributed by atoms with van der Waals surface area (Å²) in [6.07, 6.45) is 4.87. The minimum absolute atomic E-state index is 0.450. The van der Waals surface area contributed by atoms with E-state index in [0.717, 1.165) is 66.8 Å². The lowest BCUT2D eigenvalue weighted by Gasteiger charge is -2.28. The van der Waals surface area contributed by atoms with Crippen molar-refractivity contribution in [2.24, 2.45) is 7.05 Å². The average molecular weight is 446 g/mol. The fraction of sp³-hybridized carbons (Fsp3) is 0.435. The minimum Gasteiger partial charge on any atom is -0.378 e. The van der Waals surface area contributed by atoms with Gasteiger partial charge < -0.3 is 19.1 Å². The first-order chi connectivity index (χ1) is 16.2. The number of hydrogen-bond acceptors (Lipinski definition) is 8. The predicted molar refractivity (Wildman–Crippen MR) is 125 cm³/mol. The molecule has 0 aliphatic carbocycles. The van der Waals surface area contributed by atoms with Crippen molar-refractivity contribution >= 4 is 17.0 Å². The van der Waals surface area contributed by atoms with Crippen molar-refractivity contribution in [3.05, 3.63) is 42.4 Å². The Kier molecular flexibility index (Phi) is 5.03. The maximum Gasteiger partial charge on any atom is 0.254 e. The van der Waals surface area contributed by atoms with Crippen molar-refractivity contribution in [3.63, 3.8) is 0 Å². The number of fused-ring (bicyclic) bond motifs is 1. The molecule has 6 rings (SSSR count). The number of pyridine rings is 1. The molecule has 0 aromatic carbocycles. The number of anilines is 1. The van der Waals surface area contributed by atoms with Crippen molar-refractivity contribution < 1.29 is 4.74 Å². The topological polar surface area (TPSA) is 90.0 Å². The van der Waals surface area contributed by atoms with Gasteiger partial charge in [-0.3, -0.25) is 4.98 Å². The molecule has 6 heterocycles. The first kappa shape index (κ1) is 20.3. The highest BCUT2D eigenvalue weighted by atomic mass is 16.5. The molecule has 4 aromatic rings. The van der Waals surface area contributed by atoms with Crippen LogP contribution in [0.3, 0.4) is 0 Å². The van der Waals surface area contributed by atoms with Gasteiger partial charge in [-0.2, -0.15) is 15.1 Å². The Morgan fingerprint density at radius 1 is 1.00 bits per heavy atom. The normalized spacial score (nSPS) is 19.6. The third kappa shape index (κ3) is 3.65. The maximum absolute atomic E-state index is 5.57. The van der Waals surface area contributed by atoms with Crippen LogP contribution < -0.4 is 4.90 Å². The van der Waals surface area contributed by atoms with Crippen LogP contribution in [0.4, 0.5) is 5.82 Å². The van der Waals surface area contributed by atoms with Crippen LogP contribution in [0.25, 0.3) is 28.6 Å². The first-order valence-electron chi connectivity index (χ1n) is 11.4. The molecule has 1 atom stereocenters. The Morgan fingerprint density at radius 2 is 1.88 bits per heavy atom. The summed E-state index contributed by atoms with van der Waals surface area (Å²) < 4.78 is 9.36. The number of likely N-dealkylation sites (N-methyl/N-ethyl adjacent to an activating group) is 1. The van der Waals surface area contributed by atoms with Gasteiger partial charge in [-0.25, -0.2) is 9.67 Å². The van der Waals surface area contributed by atoms with Crippen LogP contribution in [-0.4, -0.2) is 85.6 Å². The molecular weight excluding hydrogens is 418 g/mol. The van der Waals surface area contributed by atoms with Crippen molar-refractivity contribution in [1.82, 2.24) is 39.2 Å². The van der Waals surface area contributed by atoms with Gasteiger partial charge >= 0.3 is 0 Å². The van der Waals surface area contributed by atoms with Gasteiger partial charge in [-0.15, -0.1) is 0 Å². The fourth-order valence-corrected chi connectivity index (χ4v) is 4.70. The number of nitrogens with zero attached hydrogens (tertiary/aromatic N) is 9. The highest BCUT2D eigenvalue weighted by Gasteiger charge is 2.26. The van der Waals surface area contributed by atoms with Crippen LogP contribution in [0.2, 0.25) is 0 Å². The van der Waals surface area contributed by atoms with Crippen LogP contribution >= 0.6 is 0 Å². The molecule has 2 fully saturated rings. The van der Waals surface area contributed by atoms with Crippen LogP contribution in [0.15, 0.2) is 36.7 Å². The van der Waals surface area contributed by atoms with Gasteiger partial charge in [-0.1, -0.05) is 6.07 Å². The lowest BCUT2D eigenvalue weighted by Crippen LogP contribution is -2.37. The molecule has 4 aromatic heterocycles. The second-order valence-electron chi connectivity index (χ2n) is 8.76. The van der Waals surface area contributed by atoms with E-state index in [1.54, 1.807) is 10.9 Å². The smallest absolute Gasteiger partial charge is 0.254 e. The molecule has 0 saturated carbocycles. The second-order valence-corrected chi connectivity index (χ2v) is 8.76. The molecule has 10 nitrogen and oxygen atoms in total. The van der Waals surface area contributed by atoms with E-state index in [0.29, 0.717) is 25.1 Å². The number of imidazole rings is 1. The quantitative estimate of drug-likeness (QED) is 0.470. The molecule has 2 saturated heterocycles. The van der Waals surface area contributed by atoms with Crippen molar-refractivity contribution in [2.45, 2.75) is 12.3 Å². The Bertz CT molecular complexity index is 1280. The van der Waals surface area contributed by atoms with Crippen molar-refractivity contribution in [3.8, 4) is 17.5 Å². The molecule has 0 radical (unpaired) electrons. The number of likely N-dealkylation sites (tertiary alicyclic amines) is 1. The largest absolute Gasteiger partial charge is 0.378 e. The summed E-state index contributed by atoms with van der Waals surface area (Å²) in [6.45, 7) is 5.00. The average Bonchev–Trinajstić information content (AvgIpc) is 3.59. The van der Waals surface area contributed by atoms with E-state index in [-0.39, 0.29) is 0 Å². The Balaban J connectivity index is 1.47.